The largest absolute Gasteiger partial charge is 2.00 e. The van der Waals surface area contributed by atoms with Crippen molar-refractivity contribution >= 4 is 39.9 Å². The van der Waals surface area contributed by atoms with Gasteiger partial charge in [0.15, 0.2) is 6.10 Å². The first kappa shape index (κ1) is 27.1. The Morgan fingerprint density at radius 2 is 2.00 bits per heavy atom. The van der Waals surface area contributed by atoms with E-state index in [9.17, 15) is 14.7 Å². The number of rotatable bonds is 10. The van der Waals surface area contributed by atoms with Gasteiger partial charge in [-0.25, -0.2) is 9.78 Å². The summed E-state index contributed by atoms with van der Waals surface area (Å²) in [5.74, 6) is 0.448. The van der Waals surface area contributed by atoms with Gasteiger partial charge in [0.2, 0.25) is 0 Å². The molecule has 1 fully saturated rings. The molecule has 184 valence electrons. The van der Waals surface area contributed by atoms with E-state index in [2.05, 4.69) is 5.32 Å². The second-order valence-corrected chi connectivity index (χ2v) is 8.43. The molecule has 8 nitrogen and oxygen atoms in total. The maximum atomic E-state index is 13.3. The zero-order chi connectivity index (χ0) is 23.9. The van der Waals surface area contributed by atoms with E-state index in [1.807, 2.05) is 48.5 Å². The van der Waals surface area contributed by atoms with Crippen molar-refractivity contribution < 1.29 is 22.2 Å². The average Bonchev–Trinajstić information content (AvgIpc) is 2.86. The summed E-state index contributed by atoms with van der Waals surface area (Å²) in [6.07, 6.45) is 2.61. The fourth-order valence-corrected chi connectivity index (χ4v) is 4.35. The number of hydrogen-bond donors (Lipinski definition) is 2. The molecule has 1 aliphatic heterocycles. The van der Waals surface area contributed by atoms with Crippen LogP contribution in [0.4, 0.5) is 0 Å². The first-order valence-corrected chi connectivity index (χ1v) is 11.9. The standard InChI is InChI=1S/C26H31N3O5.Mg.2H/c1-2-33-23(26(31)32)17-18-10-12-19(13-11-18)34-16-15-29-24(22-9-5-6-14-27-22)28-21-8-4-3-7-20(21)25(29)30;;;/h3-4,7-8,10-13,22-23,27H,2,5-6,9,14-17H2,1H3,(H,31,32);;;/q;+2;2*-1. The molecule has 1 aromatic heterocycles. The fraction of sp³-hybridized carbons (Fsp3) is 0.423. The van der Waals surface area contributed by atoms with Gasteiger partial charge < -0.3 is 22.8 Å². The van der Waals surface area contributed by atoms with E-state index in [0.717, 1.165) is 37.2 Å². The molecule has 2 atom stereocenters. The smallest absolute Gasteiger partial charge is 1.00 e. The Balaban J connectivity index is 0.00000228. The van der Waals surface area contributed by atoms with Gasteiger partial charge >= 0.3 is 29.0 Å². The summed E-state index contributed by atoms with van der Waals surface area (Å²) in [7, 11) is 0. The second-order valence-electron chi connectivity index (χ2n) is 8.43. The summed E-state index contributed by atoms with van der Waals surface area (Å²) in [6, 6.07) is 14.8. The van der Waals surface area contributed by atoms with E-state index in [1.54, 1.807) is 11.5 Å². The Labute approximate surface area is 223 Å². The number of aliphatic carboxylic acids is 1. The van der Waals surface area contributed by atoms with Gasteiger partial charge in [0.05, 0.1) is 23.5 Å². The number of carbonyl (C=O) groups is 1. The van der Waals surface area contributed by atoms with Crippen LogP contribution in [0.2, 0.25) is 0 Å². The third kappa shape index (κ3) is 6.82. The molecular formula is C26H33MgN3O5. The van der Waals surface area contributed by atoms with E-state index in [1.165, 1.54) is 0 Å². The van der Waals surface area contributed by atoms with Crippen molar-refractivity contribution in [3.8, 4) is 5.75 Å². The predicted octanol–water partition coefficient (Wildman–Crippen LogP) is 3.17. The maximum absolute atomic E-state index is 13.3. The van der Waals surface area contributed by atoms with Crippen LogP contribution < -0.4 is 15.6 Å². The number of nitrogens with zero attached hydrogens (tertiary/aromatic N) is 2. The molecule has 9 heteroatoms. The SMILES string of the molecule is CCOC(Cc1ccc(OCCn2c(C3CCCCN3)nc3ccccc3c2=O)cc1)C(=O)O.[H-].[H-].[Mg+2]. The number of carboxylic acid groups (broad SMARTS) is 1. The molecule has 2 unspecified atom stereocenters. The monoisotopic (exact) mass is 491 g/mol. The molecule has 0 aliphatic carbocycles. The summed E-state index contributed by atoms with van der Waals surface area (Å²) in [6.45, 7) is 3.74. The molecule has 1 aliphatic rings. The zero-order valence-corrected chi connectivity index (χ0v) is 21.5. The van der Waals surface area contributed by atoms with Crippen LogP contribution in [0, 0.1) is 0 Å². The Bertz CT molecular complexity index is 1190. The number of nitrogens with one attached hydrogen (secondary N) is 1. The Kier molecular flexibility index (Phi) is 10.1. The van der Waals surface area contributed by atoms with E-state index in [4.69, 9.17) is 14.5 Å². The van der Waals surface area contributed by atoms with Gasteiger partial charge in [-0.2, -0.15) is 0 Å². The number of ether oxygens (including phenoxy) is 2. The van der Waals surface area contributed by atoms with Crippen molar-refractivity contribution in [3.63, 3.8) is 0 Å². The van der Waals surface area contributed by atoms with Gasteiger partial charge in [-0.3, -0.25) is 9.36 Å². The summed E-state index contributed by atoms with van der Waals surface area (Å²) >= 11 is 0. The molecule has 0 amide bonds. The topological polar surface area (TPSA) is 103 Å². The molecular weight excluding hydrogens is 459 g/mol. The average molecular weight is 492 g/mol. The van der Waals surface area contributed by atoms with Gasteiger partial charge in [-0.1, -0.05) is 30.7 Å². The molecule has 35 heavy (non-hydrogen) atoms. The number of hydrogen-bond acceptors (Lipinski definition) is 6. The molecule has 2 heterocycles. The van der Waals surface area contributed by atoms with Gasteiger partial charge in [-0.05, 0) is 56.1 Å². The molecule has 0 bridgehead atoms. The van der Waals surface area contributed by atoms with Gasteiger partial charge in [0, 0.05) is 13.0 Å². The van der Waals surface area contributed by atoms with Crippen molar-refractivity contribution in [2.24, 2.45) is 0 Å². The van der Waals surface area contributed by atoms with E-state index < -0.39 is 12.1 Å². The van der Waals surface area contributed by atoms with Crippen LogP contribution in [-0.2, 0) is 22.5 Å². The third-order valence-corrected chi connectivity index (χ3v) is 6.08. The molecule has 2 aromatic carbocycles. The molecule has 1 saturated heterocycles. The maximum Gasteiger partial charge on any atom is 2.00 e. The number of carboxylic acids is 1. The van der Waals surface area contributed by atoms with E-state index in [-0.39, 0.29) is 37.5 Å². The van der Waals surface area contributed by atoms with Crippen molar-refractivity contribution in [1.82, 2.24) is 14.9 Å². The minimum absolute atomic E-state index is 0. The van der Waals surface area contributed by atoms with Crippen LogP contribution in [0.25, 0.3) is 10.9 Å². The van der Waals surface area contributed by atoms with Gasteiger partial charge in [-0.15, -0.1) is 0 Å². The number of fused-ring (bicyclic) bond motifs is 1. The van der Waals surface area contributed by atoms with Gasteiger partial charge in [0.25, 0.3) is 5.56 Å². The van der Waals surface area contributed by atoms with Crippen molar-refractivity contribution in [3.05, 3.63) is 70.3 Å². The molecule has 2 N–H and O–H groups in total. The normalized spacial score (nSPS) is 16.4. The summed E-state index contributed by atoms with van der Waals surface area (Å²) in [5.41, 5.74) is 1.52. The summed E-state index contributed by atoms with van der Waals surface area (Å²) < 4.78 is 12.9. The first-order valence-electron chi connectivity index (χ1n) is 11.9. The fourth-order valence-electron chi connectivity index (χ4n) is 4.35. The minimum Gasteiger partial charge on any atom is -1.00 e. The number of para-hydroxylation sites is 1. The molecule has 4 rings (SSSR count). The van der Waals surface area contributed by atoms with E-state index in [0.29, 0.717) is 42.8 Å². The predicted molar refractivity (Wildman–Crippen MR) is 137 cm³/mol. The third-order valence-electron chi connectivity index (χ3n) is 6.08. The van der Waals surface area contributed by atoms with Crippen molar-refractivity contribution in [1.29, 1.82) is 0 Å². The van der Waals surface area contributed by atoms with Gasteiger partial charge in [0.1, 0.15) is 18.2 Å². The Morgan fingerprint density at radius 3 is 2.69 bits per heavy atom. The second kappa shape index (κ2) is 13.0. The van der Waals surface area contributed by atoms with Crippen LogP contribution in [-0.4, -0.2) is 69.5 Å². The first-order chi connectivity index (χ1) is 16.6. The summed E-state index contributed by atoms with van der Waals surface area (Å²) in [5, 5.41) is 13.4. The summed E-state index contributed by atoms with van der Waals surface area (Å²) in [4.78, 5) is 29.4. The van der Waals surface area contributed by atoms with Crippen molar-refractivity contribution in [2.45, 2.75) is 51.3 Å². The number of aromatic nitrogens is 2. The van der Waals surface area contributed by atoms with Crippen LogP contribution in [0.3, 0.4) is 0 Å². The quantitative estimate of drug-likeness (QED) is 0.420. The number of piperidine rings is 1. The van der Waals surface area contributed by atoms with Crippen LogP contribution in [0.15, 0.2) is 53.3 Å². The number of benzene rings is 2. The Morgan fingerprint density at radius 1 is 1.23 bits per heavy atom. The zero-order valence-electron chi connectivity index (χ0n) is 22.1. The van der Waals surface area contributed by atoms with Crippen LogP contribution >= 0.6 is 0 Å². The van der Waals surface area contributed by atoms with Crippen molar-refractivity contribution in [2.75, 3.05) is 19.8 Å². The van der Waals surface area contributed by atoms with Crippen LogP contribution in [0.5, 0.6) is 5.75 Å². The minimum atomic E-state index is -0.972. The van der Waals surface area contributed by atoms with E-state index >= 15 is 0 Å². The molecule has 0 spiro atoms. The van der Waals surface area contributed by atoms with Crippen LogP contribution in [0.1, 0.15) is 46.5 Å². The molecule has 0 radical (unpaired) electrons. The molecule has 0 saturated carbocycles. The molecule has 3 aromatic rings. The Hall–Kier alpha value is -2.46.